The average Bonchev–Trinajstić information content (AvgIpc) is 3.00. The van der Waals surface area contributed by atoms with E-state index in [9.17, 15) is 0 Å². The fourth-order valence-electron chi connectivity index (χ4n) is 2.60. The van der Waals surface area contributed by atoms with Gasteiger partial charge in [0.1, 0.15) is 6.10 Å². The molecular weight excluding hydrogens is 288 g/mol. The molecule has 0 amide bonds. The molecule has 2 aliphatic heterocycles. The number of rotatable bonds is 3. The zero-order valence-corrected chi connectivity index (χ0v) is 12.1. The first-order valence-electron chi connectivity index (χ1n) is 6.44. The second-order valence-electron chi connectivity index (χ2n) is 5.00. The van der Waals surface area contributed by atoms with Gasteiger partial charge in [0.15, 0.2) is 10.3 Å². The Morgan fingerprint density at radius 3 is 2.89 bits per heavy atom. The van der Waals surface area contributed by atoms with Crippen LogP contribution < -0.4 is 0 Å². The van der Waals surface area contributed by atoms with Crippen LogP contribution in [0.3, 0.4) is 0 Å². The highest BCUT2D eigenvalue weighted by atomic mass is 35.5. The van der Waals surface area contributed by atoms with E-state index >= 15 is 0 Å². The number of aromatic nitrogens is 1. The van der Waals surface area contributed by atoms with E-state index in [1.807, 2.05) is 6.20 Å². The largest absolute Gasteiger partial charge is 0.394 e. The third-order valence-electron chi connectivity index (χ3n) is 3.64. The molecule has 1 atom stereocenters. The summed E-state index contributed by atoms with van der Waals surface area (Å²) in [7, 11) is 0. The number of piperidine rings is 1. The Labute approximate surface area is 121 Å². The third kappa shape index (κ3) is 3.09. The van der Waals surface area contributed by atoms with Crippen molar-refractivity contribution < 1.29 is 14.6 Å². The van der Waals surface area contributed by atoms with Crippen molar-refractivity contribution in [2.75, 3.05) is 26.3 Å². The van der Waals surface area contributed by atoms with Crippen LogP contribution in [0.4, 0.5) is 0 Å². The summed E-state index contributed by atoms with van der Waals surface area (Å²) >= 11 is 7.36. The highest BCUT2D eigenvalue weighted by Crippen LogP contribution is 2.34. The van der Waals surface area contributed by atoms with E-state index in [0.717, 1.165) is 32.5 Å². The molecule has 0 saturated carbocycles. The molecule has 1 N–H and O–H groups in total. The Morgan fingerprint density at radius 2 is 2.32 bits per heavy atom. The van der Waals surface area contributed by atoms with Gasteiger partial charge in [-0.05, 0) is 0 Å². The fraction of sp³-hybridized carbons (Fsp3) is 0.750. The lowest BCUT2D eigenvalue weighted by Crippen LogP contribution is -2.45. The summed E-state index contributed by atoms with van der Waals surface area (Å²) in [5.74, 6) is -0.463. The van der Waals surface area contributed by atoms with Gasteiger partial charge in [0, 0.05) is 43.5 Å². The summed E-state index contributed by atoms with van der Waals surface area (Å²) in [6, 6.07) is 0. The van der Waals surface area contributed by atoms with Crippen molar-refractivity contribution in [2.45, 2.75) is 31.3 Å². The second kappa shape index (κ2) is 5.63. The number of hydrogen-bond donors (Lipinski definition) is 1. The van der Waals surface area contributed by atoms with Crippen LogP contribution >= 0.6 is 22.9 Å². The van der Waals surface area contributed by atoms with Gasteiger partial charge in [-0.3, -0.25) is 4.90 Å². The number of thiazole rings is 1. The van der Waals surface area contributed by atoms with E-state index < -0.39 is 5.79 Å². The number of ether oxygens (including phenoxy) is 2. The summed E-state index contributed by atoms with van der Waals surface area (Å²) in [6.07, 6.45) is 3.36. The molecule has 0 aromatic carbocycles. The van der Waals surface area contributed by atoms with E-state index in [-0.39, 0.29) is 12.7 Å². The predicted molar refractivity (Wildman–Crippen MR) is 72.3 cm³/mol. The lowest BCUT2D eigenvalue weighted by Gasteiger charge is -2.37. The van der Waals surface area contributed by atoms with Gasteiger partial charge in [-0.15, -0.1) is 11.3 Å². The molecule has 7 heteroatoms. The number of likely N-dealkylation sites (tertiary alicyclic amines) is 1. The van der Waals surface area contributed by atoms with Crippen molar-refractivity contribution in [1.29, 1.82) is 0 Å². The molecule has 1 aromatic heterocycles. The molecule has 2 saturated heterocycles. The minimum absolute atomic E-state index is 0.0326. The molecule has 0 aliphatic carbocycles. The lowest BCUT2D eigenvalue weighted by atomic mass is 10.0. The van der Waals surface area contributed by atoms with E-state index in [0.29, 0.717) is 11.1 Å². The van der Waals surface area contributed by atoms with Crippen LogP contribution in [0.5, 0.6) is 0 Å². The molecule has 0 radical (unpaired) electrons. The minimum Gasteiger partial charge on any atom is -0.394 e. The smallest absolute Gasteiger partial charge is 0.183 e. The Morgan fingerprint density at radius 1 is 1.53 bits per heavy atom. The summed E-state index contributed by atoms with van der Waals surface area (Å²) in [4.78, 5) is 7.59. The Balaban J connectivity index is 1.52. The summed E-state index contributed by atoms with van der Waals surface area (Å²) < 4.78 is 12.2. The first-order valence-corrected chi connectivity index (χ1v) is 7.64. The number of nitrogens with zero attached hydrogens (tertiary/aromatic N) is 2. The highest BCUT2D eigenvalue weighted by molar-refractivity contribution is 7.15. The van der Waals surface area contributed by atoms with Gasteiger partial charge in [0.25, 0.3) is 0 Å². The van der Waals surface area contributed by atoms with E-state index in [1.54, 1.807) is 0 Å². The minimum atomic E-state index is -0.463. The molecule has 0 bridgehead atoms. The van der Waals surface area contributed by atoms with Crippen LogP contribution in [0.25, 0.3) is 0 Å². The maximum Gasteiger partial charge on any atom is 0.183 e. The molecule has 106 valence electrons. The van der Waals surface area contributed by atoms with Crippen molar-refractivity contribution in [3.63, 3.8) is 0 Å². The number of aliphatic hydroxyl groups excluding tert-OH is 1. The molecule has 1 unspecified atom stereocenters. The Kier molecular flexibility index (Phi) is 4.07. The van der Waals surface area contributed by atoms with Crippen molar-refractivity contribution in [2.24, 2.45) is 0 Å². The van der Waals surface area contributed by atoms with Crippen LogP contribution in [0.1, 0.15) is 17.7 Å². The molecule has 2 fully saturated rings. The summed E-state index contributed by atoms with van der Waals surface area (Å²) in [6.45, 7) is 3.26. The number of hydrogen-bond acceptors (Lipinski definition) is 6. The third-order valence-corrected chi connectivity index (χ3v) is 4.74. The topological polar surface area (TPSA) is 54.8 Å². The molecule has 19 heavy (non-hydrogen) atoms. The average molecular weight is 305 g/mol. The van der Waals surface area contributed by atoms with Crippen LogP contribution in [0.2, 0.25) is 4.47 Å². The maximum atomic E-state index is 9.10. The molecule has 1 spiro atoms. The Hall–Kier alpha value is -0.240. The van der Waals surface area contributed by atoms with Crippen LogP contribution in [0, 0.1) is 0 Å². The highest BCUT2D eigenvalue weighted by Gasteiger charge is 2.43. The molecular formula is C12H17ClN2O3S. The molecule has 1 aromatic rings. The SMILES string of the molecule is OCC1COC2(CCN(Cc3cnc(Cl)s3)CC2)O1. The zero-order chi connectivity index (χ0) is 13.3. The van der Waals surface area contributed by atoms with Gasteiger partial charge in [-0.2, -0.15) is 0 Å². The van der Waals surface area contributed by atoms with Gasteiger partial charge < -0.3 is 14.6 Å². The van der Waals surface area contributed by atoms with Crippen LogP contribution in [0.15, 0.2) is 6.20 Å². The normalized spacial score (nSPS) is 27.2. The summed E-state index contributed by atoms with van der Waals surface area (Å²) in [5.41, 5.74) is 0. The van der Waals surface area contributed by atoms with Crippen molar-refractivity contribution >= 4 is 22.9 Å². The van der Waals surface area contributed by atoms with Crippen molar-refractivity contribution in [3.05, 3.63) is 15.5 Å². The molecule has 2 aliphatic rings. The monoisotopic (exact) mass is 304 g/mol. The molecule has 3 rings (SSSR count). The first kappa shape index (κ1) is 13.7. The number of aliphatic hydroxyl groups is 1. The van der Waals surface area contributed by atoms with E-state index in [4.69, 9.17) is 26.2 Å². The lowest BCUT2D eigenvalue weighted by molar-refractivity contribution is -0.198. The molecule has 3 heterocycles. The number of halogens is 1. The van der Waals surface area contributed by atoms with Crippen LogP contribution in [-0.4, -0.2) is 53.2 Å². The van der Waals surface area contributed by atoms with Gasteiger partial charge in [0.2, 0.25) is 0 Å². The van der Waals surface area contributed by atoms with Crippen molar-refractivity contribution in [1.82, 2.24) is 9.88 Å². The van der Waals surface area contributed by atoms with E-state index in [2.05, 4.69) is 9.88 Å². The van der Waals surface area contributed by atoms with Gasteiger partial charge in [0.05, 0.1) is 13.2 Å². The van der Waals surface area contributed by atoms with Gasteiger partial charge >= 0.3 is 0 Å². The maximum absolute atomic E-state index is 9.10. The van der Waals surface area contributed by atoms with Crippen LogP contribution in [-0.2, 0) is 16.0 Å². The standard InChI is InChI=1S/C12H17ClN2O3S/c13-11-14-5-10(19-11)6-15-3-1-12(2-4-15)17-8-9(7-16)18-12/h5,9,16H,1-4,6-8H2. The predicted octanol–water partition coefficient (Wildman–Crippen LogP) is 1.50. The second-order valence-corrected chi connectivity index (χ2v) is 6.70. The summed E-state index contributed by atoms with van der Waals surface area (Å²) in [5, 5.41) is 9.10. The Bertz CT molecular complexity index is 434. The fourth-order valence-corrected chi connectivity index (χ4v) is 3.62. The van der Waals surface area contributed by atoms with Crippen molar-refractivity contribution in [3.8, 4) is 0 Å². The van der Waals surface area contributed by atoms with Gasteiger partial charge in [-0.1, -0.05) is 11.6 Å². The van der Waals surface area contributed by atoms with E-state index in [1.165, 1.54) is 16.2 Å². The first-order chi connectivity index (χ1) is 9.19. The van der Waals surface area contributed by atoms with Gasteiger partial charge in [-0.25, -0.2) is 4.98 Å². The quantitative estimate of drug-likeness (QED) is 0.917. The molecule has 5 nitrogen and oxygen atoms in total. The zero-order valence-electron chi connectivity index (χ0n) is 10.5.